The highest BCUT2D eigenvalue weighted by molar-refractivity contribution is 7.47. The molecule has 4 aliphatic rings. The van der Waals surface area contributed by atoms with Gasteiger partial charge in [0.15, 0.2) is 11.5 Å². The average Bonchev–Trinajstić information content (AvgIpc) is 3.30. The molecule has 0 radical (unpaired) electrons. The Labute approximate surface area is 267 Å². The number of imidazole rings is 1. The molecule has 2 aliphatic carbocycles. The van der Waals surface area contributed by atoms with Crippen molar-refractivity contribution in [1.82, 2.24) is 29.5 Å². The van der Waals surface area contributed by atoms with Crippen LogP contribution in [0.4, 0.5) is 5.82 Å². The minimum Gasteiger partial charge on any atom is -0.396 e. The predicted molar refractivity (Wildman–Crippen MR) is 160 cm³/mol. The number of nitrogens with zero attached hydrogens (tertiary/aromatic N) is 5. The van der Waals surface area contributed by atoms with Gasteiger partial charge in [-0.15, -0.1) is 11.3 Å². The Morgan fingerprint density at radius 3 is 2.74 bits per heavy atom. The number of anilines is 1. The maximum atomic E-state index is 13.6. The van der Waals surface area contributed by atoms with Crippen molar-refractivity contribution in [2.24, 2.45) is 17.3 Å². The Kier molecular flexibility index (Phi) is 7.32. The second-order valence-corrected chi connectivity index (χ2v) is 15.9. The second kappa shape index (κ2) is 10.9. The van der Waals surface area contributed by atoms with Crippen molar-refractivity contribution in [3.05, 3.63) is 39.1 Å². The van der Waals surface area contributed by atoms with Crippen LogP contribution in [0.25, 0.3) is 22.1 Å². The van der Waals surface area contributed by atoms with Crippen molar-refractivity contribution >= 4 is 54.9 Å². The number of nitrogens with two attached hydrogens (primary N) is 1. The number of aliphatic hydroxyl groups excluding tert-OH is 2. The zero-order valence-corrected chi connectivity index (χ0v) is 27.0. The topological polar surface area (TPSA) is 277 Å². The summed E-state index contributed by atoms with van der Waals surface area (Å²) in [6.45, 7) is -0.166. The van der Waals surface area contributed by atoms with Gasteiger partial charge in [0, 0.05) is 16.7 Å². The Hall–Kier alpha value is -2.71. The molecule has 11 atom stereocenters. The Bertz CT molecular complexity index is 2060. The molecule has 0 amide bonds. The number of rotatable bonds is 3. The van der Waals surface area contributed by atoms with E-state index in [1.54, 1.807) is 16.9 Å². The quantitative estimate of drug-likeness (QED) is 0.159. The molecule has 2 saturated carbocycles. The molecule has 1 spiro atoms. The molecule has 47 heavy (non-hydrogen) atoms. The van der Waals surface area contributed by atoms with Gasteiger partial charge in [-0.1, -0.05) is 0 Å². The summed E-state index contributed by atoms with van der Waals surface area (Å²) < 4.78 is 56.9. The van der Waals surface area contributed by atoms with E-state index in [-0.39, 0.29) is 28.7 Å². The van der Waals surface area contributed by atoms with Crippen LogP contribution in [0.5, 0.6) is 0 Å². The van der Waals surface area contributed by atoms with E-state index in [0.29, 0.717) is 16.3 Å². The maximum Gasteiger partial charge on any atom is 0.472 e. The van der Waals surface area contributed by atoms with Gasteiger partial charge in [0.05, 0.1) is 54.1 Å². The lowest BCUT2D eigenvalue weighted by Gasteiger charge is -2.30. The van der Waals surface area contributed by atoms with Crippen molar-refractivity contribution in [2.75, 3.05) is 25.6 Å². The van der Waals surface area contributed by atoms with Crippen LogP contribution < -0.4 is 11.3 Å². The van der Waals surface area contributed by atoms with E-state index < -0.39 is 94.8 Å². The fraction of sp³-hybridized carbons (Fsp3) is 0.560. The van der Waals surface area contributed by atoms with Gasteiger partial charge in [-0.2, -0.15) is 0 Å². The van der Waals surface area contributed by atoms with E-state index in [0.717, 1.165) is 11.3 Å². The fourth-order valence-corrected chi connectivity index (χ4v) is 10.4. The molecule has 19 nitrogen and oxygen atoms in total. The van der Waals surface area contributed by atoms with Gasteiger partial charge in [0.2, 0.25) is 0 Å². The van der Waals surface area contributed by atoms with Gasteiger partial charge in [-0.05, 0) is 19.3 Å². The zero-order chi connectivity index (χ0) is 33.0. The van der Waals surface area contributed by atoms with E-state index in [1.165, 1.54) is 12.7 Å². The number of thiophene rings is 1. The third-order valence-corrected chi connectivity index (χ3v) is 12.5. The van der Waals surface area contributed by atoms with Gasteiger partial charge in [0.1, 0.15) is 42.1 Å². The lowest BCUT2D eigenvalue weighted by molar-refractivity contribution is -0.0502. The van der Waals surface area contributed by atoms with Crippen LogP contribution in [-0.4, -0.2) is 93.7 Å². The van der Waals surface area contributed by atoms with Crippen LogP contribution in [0.1, 0.15) is 29.3 Å². The number of phosphoric ester groups is 2. The molecule has 4 aromatic heterocycles. The van der Waals surface area contributed by atoms with E-state index in [9.17, 15) is 33.9 Å². The summed E-state index contributed by atoms with van der Waals surface area (Å²) in [5.41, 5.74) is 5.19. The molecule has 4 aromatic rings. The van der Waals surface area contributed by atoms with Crippen LogP contribution in [0.2, 0.25) is 0 Å². The third kappa shape index (κ3) is 5.02. The summed E-state index contributed by atoms with van der Waals surface area (Å²) in [7, 11) is -9.89. The lowest BCUT2D eigenvalue weighted by Crippen LogP contribution is -2.38. The second-order valence-electron chi connectivity index (χ2n) is 12.2. The first kappa shape index (κ1) is 31.6. The maximum absolute atomic E-state index is 13.6. The highest BCUT2D eigenvalue weighted by Crippen LogP contribution is 2.72. The van der Waals surface area contributed by atoms with Gasteiger partial charge >= 0.3 is 15.6 Å². The minimum absolute atomic E-state index is 0.116. The van der Waals surface area contributed by atoms with Crippen molar-refractivity contribution in [3.8, 4) is 0 Å². The zero-order valence-electron chi connectivity index (χ0n) is 24.4. The monoisotopic (exact) mass is 713 g/mol. The number of aliphatic hydroxyl groups is 2. The van der Waals surface area contributed by atoms with Gasteiger partial charge in [-0.25, -0.2) is 29.1 Å². The Balaban J connectivity index is 1.15. The number of nitrogens with one attached hydrogen (secondary N) is 1. The first-order chi connectivity index (χ1) is 22.3. The third-order valence-electron chi connectivity index (χ3n) is 9.52. The molecule has 0 aromatic carbocycles. The number of hydrogen-bond acceptors (Lipinski definition) is 16. The molecular formula is C25H29N7O12P2S. The Morgan fingerprint density at radius 1 is 1.17 bits per heavy atom. The first-order valence-electron chi connectivity index (χ1n) is 14.5. The van der Waals surface area contributed by atoms with Crippen LogP contribution >= 0.6 is 27.0 Å². The van der Waals surface area contributed by atoms with Crippen LogP contribution in [0.15, 0.2) is 22.8 Å². The molecule has 2 bridgehead atoms. The summed E-state index contributed by atoms with van der Waals surface area (Å²) in [6.07, 6.45) is -3.55. The van der Waals surface area contributed by atoms with Gasteiger partial charge in [-0.3, -0.25) is 22.9 Å². The van der Waals surface area contributed by atoms with Crippen molar-refractivity contribution in [2.45, 2.75) is 49.9 Å². The highest BCUT2D eigenvalue weighted by Gasteiger charge is 2.74. The molecule has 4 fully saturated rings. The van der Waals surface area contributed by atoms with Crippen molar-refractivity contribution in [3.63, 3.8) is 0 Å². The largest absolute Gasteiger partial charge is 0.472 e. The summed E-state index contributed by atoms with van der Waals surface area (Å²) >= 11 is 1.10. The molecular weight excluding hydrogens is 684 g/mol. The van der Waals surface area contributed by atoms with Gasteiger partial charge < -0.3 is 40.0 Å². The summed E-state index contributed by atoms with van der Waals surface area (Å²) in [4.78, 5) is 54.3. The molecule has 22 heteroatoms. The molecule has 252 valence electrons. The summed E-state index contributed by atoms with van der Waals surface area (Å²) in [6, 6.07) is -0.802. The molecule has 7 N–H and O–H groups in total. The SMILES string of the molecule is Cc1nc2c([C@@H]3O[C@@H]4COP(=O)(O)O[C@H]5[C@@H](O)[C@H](n6cnc7c(N)ncnc76)[C@H]6CC65COP(=O)(O)O[C@@H]3[C@@H]4CO)scc2c(=O)[nH]1. The van der Waals surface area contributed by atoms with Crippen LogP contribution in [0.3, 0.4) is 0 Å². The lowest BCUT2D eigenvalue weighted by atomic mass is 9.96. The van der Waals surface area contributed by atoms with Gasteiger partial charge in [0.25, 0.3) is 5.56 Å². The number of aryl methyl sites for hydroxylation is 1. The van der Waals surface area contributed by atoms with E-state index >= 15 is 0 Å². The van der Waals surface area contributed by atoms with Crippen molar-refractivity contribution < 1.29 is 52.0 Å². The fourth-order valence-electron chi connectivity index (χ4n) is 7.29. The molecule has 2 saturated heterocycles. The van der Waals surface area contributed by atoms with Crippen molar-refractivity contribution in [1.29, 1.82) is 0 Å². The molecule has 2 aliphatic heterocycles. The number of aromatic amines is 1. The van der Waals surface area contributed by atoms with E-state index in [2.05, 4.69) is 24.9 Å². The molecule has 8 rings (SSSR count). The molecule has 6 heterocycles. The number of ether oxygens (including phenoxy) is 1. The predicted octanol–water partition coefficient (Wildman–Crippen LogP) is 0.703. The summed E-state index contributed by atoms with van der Waals surface area (Å²) in [5.74, 6) is -1.10. The number of nitrogen functional groups attached to an aromatic ring is 1. The highest BCUT2D eigenvalue weighted by atomic mass is 32.1. The standard InChI is InChI=1S/C25H29N7O12P2S/c1-9-30-14-11(24(35)31-9)5-47-20(14)19-18-10(3-33)13(42-19)4-40-45(36,37)44-21-17(34)16(12-2-25(12,21)6-41-46(38,39)43-18)32-8-29-15-22(26)27-7-28-23(15)32/h5,7-8,10,12-13,16-19,21,33-34H,2-4,6H2,1H3,(H,36,37)(H,38,39)(H2,26,27,28)(H,30,31,35)/t10-,12-,13-,16-,17+,18-,19-,21+,25?/m1/s1. The molecule has 3 unspecified atom stereocenters. The van der Waals surface area contributed by atoms with E-state index in [4.69, 9.17) is 28.6 Å². The van der Waals surface area contributed by atoms with Crippen LogP contribution in [-0.2, 0) is 32.0 Å². The minimum atomic E-state index is -4.95. The average molecular weight is 714 g/mol. The van der Waals surface area contributed by atoms with E-state index in [1.807, 2.05) is 0 Å². The number of aromatic nitrogens is 6. The van der Waals surface area contributed by atoms with Crippen LogP contribution in [0, 0.1) is 24.2 Å². The summed E-state index contributed by atoms with van der Waals surface area (Å²) in [5, 5.41) is 23.7. The first-order valence-corrected chi connectivity index (χ1v) is 18.4. The number of hydrogen-bond donors (Lipinski definition) is 6. The normalized spacial score (nSPS) is 40.4. The number of H-pyrrole nitrogens is 1. The smallest absolute Gasteiger partial charge is 0.396 e. The Morgan fingerprint density at radius 2 is 1.96 bits per heavy atom. The number of fused-ring (bicyclic) bond motifs is 4. The number of phosphoric acid groups is 2.